The van der Waals surface area contributed by atoms with Gasteiger partial charge in [0.05, 0.1) is 5.56 Å². The van der Waals surface area contributed by atoms with Crippen LogP contribution in [0.2, 0.25) is 0 Å². The number of halogens is 1. The second-order valence-electron chi connectivity index (χ2n) is 3.10. The van der Waals surface area contributed by atoms with E-state index in [-0.39, 0.29) is 11.5 Å². The lowest BCUT2D eigenvalue weighted by Gasteiger charge is -2.04. The molecule has 0 aromatic heterocycles. The highest BCUT2D eigenvalue weighted by Gasteiger charge is 2.05. The standard InChI is InChI=1S/C11H11FN2O/c1-2-3-11(15)14-9-4-5-10(12)8(6-9)7-13/h4-6H,2-3H2,1H3,(H,14,15). The average Bonchev–Trinajstić information content (AvgIpc) is 2.21. The van der Waals surface area contributed by atoms with Crippen molar-refractivity contribution in [2.45, 2.75) is 19.8 Å². The molecule has 1 amide bonds. The highest BCUT2D eigenvalue weighted by atomic mass is 19.1. The fraction of sp³-hybridized carbons (Fsp3) is 0.273. The maximum atomic E-state index is 12.9. The fourth-order valence-electron chi connectivity index (χ4n) is 1.14. The first-order chi connectivity index (χ1) is 7.17. The van der Waals surface area contributed by atoms with Gasteiger partial charge in [-0.1, -0.05) is 6.92 Å². The van der Waals surface area contributed by atoms with Gasteiger partial charge in [-0.3, -0.25) is 4.79 Å². The minimum Gasteiger partial charge on any atom is -0.326 e. The van der Waals surface area contributed by atoms with E-state index >= 15 is 0 Å². The van der Waals surface area contributed by atoms with Gasteiger partial charge >= 0.3 is 0 Å². The molecule has 0 aliphatic carbocycles. The minimum atomic E-state index is -0.578. The van der Waals surface area contributed by atoms with Gasteiger partial charge in [-0.25, -0.2) is 4.39 Å². The van der Waals surface area contributed by atoms with Crippen LogP contribution in [0.25, 0.3) is 0 Å². The van der Waals surface area contributed by atoms with Gasteiger partial charge in [-0.05, 0) is 24.6 Å². The Kier molecular flexibility index (Phi) is 3.81. The Morgan fingerprint density at radius 2 is 2.33 bits per heavy atom. The van der Waals surface area contributed by atoms with Gasteiger partial charge in [0.25, 0.3) is 0 Å². The molecule has 0 bridgehead atoms. The maximum Gasteiger partial charge on any atom is 0.224 e. The summed E-state index contributed by atoms with van der Waals surface area (Å²) in [6, 6.07) is 5.64. The summed E-state index contributed by atoms with van der Waals surface area (Å²) in [5.74, 6) is -0.709. The average molecular weight is 206 g/mol. The molecule has 0 unspecified atom stereocenters. The first-order valence-electron chi connectivity index (χ1n) is 4.67. The van der Waals surface area contributed by atoms with Crippen molar-refractivity contribution in [3.8, 4) is 6.07 Å². The van der Waals surface area contributed by atoms with Crippen LogP contribution in [0.5, 0.6) is 0 Å². The Hall–Kier alpha value is -1.89. The number of nitriles is 1. The molecule has 0 radical (unpaired) electrons. The first kappa shape index (κ1) is 11.2. The molecule has 0 saturated heterocycles. The van der Waals surface area contributed by atoms with Crippen LogP contribution in [-0.4, -0.2) is 5.91 Å². The van der Waals surface area contributed by atoms with Crippen molar-refractivity contribution in [2.75, 3.05) is 5.32 Å². The predicted molar refractivity (Wildman–Crippen MR) is 54.7 cm³/mol. The van der Waals surface area contributed by atoms with Gasteiger partial charge in [0.1, 0.15) is 11.9 Å². The van der Waals surface area contributed by atoms with Crippen molar-refractivity contribution in [3.63, 3.8) is 0 Å². The molecule has 0 fully saturated rings. The number of benzene rings is 1. The zero-order chi connectivity index (χ0) is 11.3. The first-order valence-corrected chi connectivity index (χ1v) is 4.67. The third-order valence-electron chi connectivity index (χ3n) is 1.85. The molecular formula is C11H11FN2O. The van der Waals surface area contributed by atoms with Crippen LogP contribution >= 0.6 is 0 Å². The number of nitrogens with one attached hydrogen (secondary N) is 1. The van der Waals surface area contributed by atoms with Crippen LogP contribution in [0.4, 0.5) is 10.1 Å². The van der Waals surface area contributed by atoms with Crippen molar-refractivity contribution in [1.29, 1.82) is 5.26 Å². The summed E-state index contributed by atoms with van der Waals surface area (Å²) < 4.78 is 12.9. The minimum absolute atomic E-state index is 0.0655. The zero-order valence-corrected chi connectivity index (χ0v) is 8.38. The van der Waals surface area contributed by atoms with Crippen LogP contribution in [-0.2, 0) is 4.79 Å². The number of rotatable bonds is 3. The molecule has 3 nitrogen and oxygen atoms in total. The predicted octanol–water partition coefficient (Wildman–Crippen LogP) is 2.44. The fourth-order valence-corrected chi connectivity index (χ4v) is 1.14. The third-order valence-corrected chi connectivity index (χ3v) is 1.85. The monoisotopic (exact) mass is 206 g/mol. The van der Waals surface area contributed by atoms with Crippen LogP contribution in [0.1, 0.15) is 25.3 Å². The number of anilines is 1. The second kappa shape index (κ2) is 5.11. The van der Waals surface area contributed by atoms with Gasteiger partial charge in [0.15, 0.2) is 0 Å². The highest BCUT2D eigenvalue weighted by Crippen LogP contribution is 2.14. The second-order valence-corrected chi connectivity index (χ2v) is 3.10. The molecule has 1 rings (SSSR count). The van der Waals surface area contributed by atoms with E-state index in [1.54, 1.807) is 6.07 Å². The summed E-state index contributed by atoms with van der Waals surface area (Å²) in [7, 11) is 0. The molecule has 0 aliphatic rings. The van der Waals surface area contributed by atoms with E-state index < -0.39 is 5.82 Å². The molecule has 1 aromatic carbocycles. The van der Waals surface area contributed by atoms with Crippen LogP contribution < -0.4 is 5.32 Å². The van der Waals surface area contributed by atoms with Crippen LogP contribution in [0.3, 0.4) is 0 Å². The van der Waals surface area contributed by atoms with Crippen molar-refractivity contribution in [3.05, 3.63) is 29.6 Å². The van der Waals surface area contributed by atoms with Gasteiger partial charge in [-0.2, -0.15) is 5.26 Å². The molecule has 4 heteroatoms. The van der Waals surface area contributed by atoms with E-state index in [4.69, 9.17) is 5.26 Å². The largest absolute Gasteiger partial charge is 0.326 e. The molecule has 1 N–H and O–H groups in total. The molecule has 0 atom stereocenters. The number of carbonyl (C=O) groups excluding carboxylic acids is 1. The maximum absolute atomic E-state index is 12.9. The summed E-state index contributed by atoms with van der Waals surface area (Å²) in [6.07, 6.45) is 1.16. The Labute approximate surface area is 87.5 Å². The van der Waals surface area contributed by atoms with E-state index in [0.29, 0.717) is 12.1 Å². The van der Waals surface area contributed by atoms with Gasteiger partial charge < -0.3 is 5.32 Å². The molecule has 0 aliphatic heterocycles. The number of carbonyl (C=O) groups is 1. The van der Waals surface area contributed by atoms with E-state index in [1.807, 2.05) is 6.92 Å². The van der Waals surface area contributed by atoms with Crippen molar-refractivity contribution in [2.24, 2.45) is 0 Å². The summed E-state index contributed by atoms with van der Waals surface area (Å²) in [4.78, 5) is 11.2. The number of hydrogen-bond acceptors (Lipinski definition) is 2. The Morgan fingerprint density at radius 3 is 2.93 bits per heavy atom. The molecular weight excluding hydrogens is 195 g/mol. The smallest absolute Gasteiger partial charge is 0.224 e. The van der Waals surface area contributed by atoms with Crippen LogP contribution in [0, 0.1) is 17.1 Å². The van der Waals surface area contributed by atoms with Crippen molar-refractivity contribution >= 4 is 11.6 Å². The van der Waals surface area contributed by atoms with E-state index in [9.17, 15) is 9.18 Å². The number of hydrogen-bond donors (Lipinski definition) is 1. The van der Waals surface area contributed by atoms with Crippen molar-refractivity contribution in [1.82, 2.24) is 0 Å². The lowest BCUT2D eigenvalue weighted by Crippen LogP contribution is -2.10. The molecule has 0 spiro atoms. The molecule has 0 saturated carbocycles. The Bertz CT molecular complexity index is 410. The normalized spacial score (nSPS) is 9.40. The topological polar surface area (TPSA) is 52.9 Å². The lowest BCUT2D eigenvalue weighted by atomic mass is 10.2. The molecule has 0 heterocycles. The van der Waals surface area contributed by atoms with E-state index in [2.05, 4.69) is 5.32 Å². The molecule has 1 aromatic rings. The number of nitrogens with zero attached hydrogens (tertiary/aromatic N) is 1. The van der Waals surface area contributed by atoms with Gasteiger partial charge in [0, 0.05) is 12.1 Å². The van der Waals surface area contributed by atoms with Gasteiger partial charge in [-0.15, -0.1) is 0 Å². The number of amides is 1. The SMILES string of the molecule is CCCC(=O)Nc1ccc(F)c(C#N)c1. The summed E-state index contributed by atoms with van der Waals surface area (Å²) in [6.45, 7) is 1.89. The Balaban J connectivity index is 2.80. The third kappa shape index (κ3) is 3.06. The van der Waals surface area contributed by atoms with Crippen molar-refractivity contribution < 1.29 is 9.18 Å². The lowest BCUT2D eigenvalue weighted by molar-refractivity contribution is -0.116. The summed E-state index contributed by atoms with van der Waals surface area (Å²) in [5.41, 5.74) is 0.385. The Morgan fingerprint density at radius 1 is 1.60 bits per heavy atom. The quantitative estimate of drug-likeness (QED) is 0.825. The van der Waals surface area contributed by atoms with Gasteiger partial charge in [0.2, 0.25) is 5.91 Å². The highest BCUT2D eigenvalue weighted by molar-refractivity contribution is 5.90. The summed E-state index contributed by atoms with van der Waals surface area (Å²) in [5, 5.41) is 11.2. The zero-order valence-electron chi connectivity index (χ0n) is 8.38. The molecule has 15 heavy (non-hydrogen) atoms. The summed E-state index contributed by atoms with van der Waals surface area (Å²) >= 11 is 0. The van der Waals surface area contributed by atoms with E-state index in [0.717, 1.165) is 6.42 Å². The van der Waals surface area contributed by atoms with E-state index in [1.165, 1.54) is 18.2 Å². The van der Waals surface area contributed by atoms with Crippen LogP contribution in [0.15, 0.2) is 18.2 Å². The molecule has 78 valence electrons.